The number of hydrogen-bond donors (Lipinski definition) is 2. The standard InChI is InChI=1S/C20H22FN3O2/c1-13-11-16(14(2)24(13)18-8-9-18)5-10-19(25)22-23-20(26)12-15-3-6-17(21)7-4-15/h3-7,10-11,18H,8-9,12H2,1-2H3,(H,22,25)(H,23,26)/b10-5+. The van der Waals surface area contributed by atoms with E-state index in [1.54, 1.807) is 6.08 Å². The summed E-state index contributed by atoms with van der Waals surface area (Å²) in [6, 6.07) is 8.31. The zero-order valence-corrected chi connectivity index (χ0v) is 14.9. The normalized spacial score (nSPS) is 13.8. The second kappa shape index (κ2) is 7.56. The van der Waals surface area contributed by atoms with Crippen LogP contribution in [-0.4, -0.2) is 16.4 Å². The van der Waals surface area contributed by atoms with Crippen molar-refractivity contribution in [3.8, 4) is 0 Å². The zero-order chi connectivity index (χ0) is 18.7. The van der Waals surface area contributed by atoms with Crippen LogP contribution >= 0.6 is 0 Å². The predicted molar refractivity (Wildman–Crippen MR) is 97.6 cm³/mol. The summed E-state index contributed by atoms with van der Waals surface area (Å²) in [7, 11) is 0. The molecular formula is C20H22FN3O2. The molecule has 2 amide bonds. The molecule has 1 aromatic carbocycles. The van der Waals surface area contributed by atoms with Crippen LogP contribution in [-0.2, 0) is 16.0 Å². The summed E-state index contributed by atoms with van der Waals surface area (Å²) in [5.41, 5.74) is 8.72. The van der Waals surface area contributed by atoms with E-state index in [0.717, 1.165) is 11.3 Å². The molecule has 26 heavy (non-hydrogen) atoms. The number of nitrogens with one attached hydrogen (secondary N) is 2. The molecule has 0 spiro atoms. The van der Waals surface area contributed by atoms with Crippen molar-refractivity contribution in [2.45, 2.75) is 39.2 Å². The monoisotopic (exact) mass is 355 g/mol. The molecule has 1 aliphatic rings. The van der Waals surface area contributed by atoms with Crippen LogP contribution in [0.25, 0.3) is 6.08 Å². The van der Waals surface area contributed by atoms with E-state index in [2.05, 4.69) is 28.4 Å². The highest BCUT2D eigenvalue weighted by atomic mass is 19.1. The second-order valence-corrected chi connectivity index (χ2v) is 6.60. The van der Waals surface area contributed by atoms with E-state index in [1.165, 1.54) is 48.9 Å². The van der Waals surface area contributed by atoms with Crippen molar-refractivity contribution in [1.82, 2.24) is 15.4 Å². The molecule has 1 fully saturated rings. The molecule has 2 aromatic rings. The van der Waals surface area contributed by atoms with Crippen molar-refractivity contribution >= 4 is 17.9 Å². The van der Waals surface area contributed by atoms with Gasteiger partial charge in [-0.3, -0.25) is 20.4 Å². The van der Waals surface area contributed by atoms with Crippen molar-refractivity contribution in [3.63, 3.8) is 0 Å². The Balaban J connectivity index is 1.51. The fourth-order valence-electron chi connectivity index (χ4n) is 3.04. The van der Waals surface area contributed by atoms with Crippen LogP contribution in [0.4, 0.5) is 4.39 Å². The summed E-state index contributed by atoms with van der Waals surface area (Å²) in [5, 5.41) is 0. The molecule has 0 saturated heterocycles. The lowest BCUT2D eigenvalue weighted by molar-refractivity contribution is -0.126. The third-order valence-corrected chi connectivity index (χ3v) is 4.45. The maximum Gasteiger partial charge on any atom is 0.262 e. The number of hydrogen-bond acceptors (Lipinski definition) is 2. The van der Waals surface area contributed by atoms with Gasteiger partial charge in [0.2, 0.25) is 5.91 Å². The first-order valence-corrected chi connectivity index (χ1v) is 8.64. The quantitative estimate of drug-likeness (QED) is 0.640. The summed E-state index contributed by atoms with van der Waals surface area (Å²) in [4.78, 5) is 23.7. The molecule has 0 bridgehead atoms. The number of hydrazine groups is 1. The van der Waals surface area contributed by atoms with E-state index in [4.69, 9.17) is 0 Å². The topological polar surface area (TPSA) is 63.1 Å². The van der Waals surface area contributed by atoms with E-state index < -0.39 is 5.91 Å². The van der Waals surface area contributed by atoms with E-state index in [1.807, 2.05) is 6.92 Å². The second-order valence-electron chi connectivity index (χ2n) is 6.60. The first-order valence-electron chi connectivity index (χ1n) is 8.64. The van der Waals surface area contributed by atoms with Gasteiger partial charge in [0, 0.05) is 23.5 Å². The lowest BCUT2D eigenvalue weighted by atomic mass is 10.1. The molecular weight excluding hydrogens is 333 g/mol. The number of aryl methyl sites for hydroxylation is 1. The van der Waals surface area contributed by atoms with Crippen LogP contribution in [0.15, 0.2) is 36.4 Å². The number of nitrogens with zero attached hydrogens (tertiary/aromatic N) is 1. The van der Waals surface area contributed by atoms with Crippen LogP contribution in [0.2, 0.25) is 0 Å². The Labute approximate surface area is 151 Å². The Bertz CT molecular complexity index is 849. The lowest BCUT2D eigenvalue weighted by Gasteiger charge is -2.07. The fourth-order valence-corrected chi connectivity index (χ4v) is 3.04. The number of aromatic nitrogens is 1. The molecule has 1 aliphatic carbocycles. The number of rotatable bonds is 5. The minimum atomic E-state index is -0.409. The molecule has 0 aliphatic heterocycles. The number of benzene rings is 1. The summed E-state index contributed by atoms with van der Waals surface area (Å²) in [6.07, 6.45) is 5.63. The molecule has 1 aromatic heterocycles. The summed E-state index contributed by atoms with van der Waals surface area (Å²) < 4.78 is 15.1. The Morgan fingerprint density at radius 3 is 2.54 bits per heavy atom. The van der Waals surface area contributed by atoms with Gasteiger partial charge in [0.25, 0.3) is 5.91 Å². The smallest absolute Gasteiger partial charge is 0.262 e. The molecule has 136 valence electrons. The first kappa shape index (κ1) is 17.9. The molecule has 1 heterocycles. The average Bonchev–Trinajstić information content (AvgIpc) is 3.39. The van der Waals surface area contributed by atoms with Gasteiger partial charge in [-0.2, -0.15) is 0 Å². The highest BCUT2D eigenvalue weighted by Gasteiger charge is 2.26. The van der Waals surface area contributed by atoms with Crippen LogP contribution in [0.3, 0.4) is 0 Å². The van der Waals surface area contributed by atoms with Crippen LogP contribution < -0.4 is 10.9 Å². The van der Waals surface area contributed by atoms with Gasteiger partial charge in [-0.25, -0.2) is 4.39 Å². The van der Waals surface area contributed by atoms with Gasteiger partial charge in [-0.05, 0) is 62.1 Å². The molecule has 0 radical (unpaired) electrons. The minimum Gasteiger partial charge on any atom is -0.346 e. The van der Waals surface area contributed by atoms with Gasteiger partial charge in [0.1, 0.15) is 5.82 Å². The van der Waals surface area contributed by atoms with Gasteiger partial charge >= 0.3 is 0 Å². The van der Waals surface area contributed by atoms with Crippen molar-refractivity contribution < 1.29 is 14.0 Å². The van der Waals surface area contributed by atoms with Gasteiger partial charge in [0.05, 0.1) is 6.42 Å². The molecule has 5 nitrogen and oxygen atoms in total. The van der Waals surface area contributed by atoms with Crippen molar-refractivity contribution in [3.05, 3.63) is 64.7 Å². The summed E-state index contributed by atoms with van der Waals surface area (Å²) >= 11 is 0. The van der Waals surface area contributed by atoms with Crippen LogP contribution in [0.1, 0.15) is 41.4 Å². The van der Waals surface area contributed by atoms with E-state index in [-0.39, 0.29) is 18.1 Å². The summed E-state index contributed by atoms with van der Waals surface area (Å²) in [6.45, 7) is 4.12. The molecule has 6 heteroatoms. The maximum absolute atomic E-state index is 12.8. The molecule has 0 unspecified atom stereocenters. The highest BCUT2D eigenvalue weighted by Crippen LogP contribution is 2.38. The van der Waals surface area contributed by atoms with E-state index >= 15 is 0 Å². The molecule has 3 rings (SSSR count). The number of carbonyl (C=O) groups is 2. The highest BCUT2D eigenvalue weighted by molar-refractivity contribution is 5.93. The largest absolute Gasteiger partial charge is 0.346 e. The first-order chi connectivity index (χ1) is 12.4. The van der Waals surface area contributed by atoms with Crippen molar-refractivity contribution in [1.29, 1.82) is 0 Å². The third kappa shape index (κ3) is 4.39. The molecule has 0 atom stereocenters. The van der Waals surface area contributed by atoms with Gasteiger partial charge in [-0.1, -0.05) is 12.1 Å². The minimum absolute atomic E-state index is 0.0623. The SMILES string of the molecule is Cc1cc(/C=C/C(=O)NNC(=O)Cc2ccc(F)cc2)c(C)n1C1CC1. The average molecular weight is 355 g/mol. The molecule has 1 saturated carbocycles. The predicted octanol–water partition coefficient (Wildman–Crippen LogP) is 2.98. The van der Waals surface area contributed by atoms with Gasteiger partial charge in [-0.15, -0.1) is 0 Å². The van der Waals surface area contributed by atoms with Crippen LogP contribution in [0, 0.1) is 19.7 Å². The van der Waals surface area contributed by atoms with Crippen molar-refractivity contribution in [2.75, 3.05) is 0 Å². The summed E-state index contributed by atoms with van der Waals surface area (Å²) in [5.74, 6) is -1.13. The van der Waals surface area contributed by atoms with Crippen LogP contribution in [0.5, 0.6) is 0 Å². The Morgan fingerprint density at radius 1 is 1.19 bits per heavy atom. The maximum atomic E-state index is 12.8. The van der Waals surface area contributed by atoms with E-state index in [0.29, 0.717) is 11.6 Å². The Hall–Kier alpha value is -2.89. The van der Waals surface area contributed by atoms with Crippen molar-refractivity contribution in [2.24, 2.45) is 0 Å². The Morgan fingerprint density at radius 2 is 1.88 bits per heavy atom. The number of halogens is 1. The Kier molecular flexibility index (Phi) is 5.21. The third-order valence-electron chi connectivity index (χ3n) is 4.45. The van der Waals surface area contributed by atoms with Gasteiger partial charge in [0.15, 0.2) is 0 Å². The zero-order valence-electron chi connectivity index (χ0n) is 14.9. The van der Waals surface area contributed by atoms with Gasteiger partial charge < -0.3 is 4.57 Å². The lowest BCUT2D eigenvalue weighted by Crippen LogP contribution is -2.41. The van der Waals surface area contributed by atoms with E-state index in [9.17, 15) is 14.0 Å². The molecule has 2 N–H and O–H groups in total. The number of carbonyl (C=O) groups excluding carboxylic acids is 2. The fraction of sp³-hybridized carbons (Fsp3) is 0.300. The number of amides is 2.